The van der Waals surface area contributed by atoms with Crippen molar-refractivity contribution in [3.05, 3.63) is 0 Å². The molecule has 1 N–H and O–H groups in total. The van der Waals surface area contributed by atoms with E-state index < -0.39 is 0 Å². The van der Waals surface area contributed by atoms with Crippen molar-refractivity contribution in [2.45, 2.75) is 57.9 Å². The first kappa shape index (κ1) is 12.9. The van der Waals surface area contributed by atoms with E-state index in [1.807, 2.05) is 0 Å². The highest BCUT2D eigenvalue weighted by Gasteiger charge is 2.39. The Labute approximate surface area is 113 Å². The SMILES string of the molecule is CCCNCC1CCC1N(CC1CC1)CC1CC1. The van der Waals surface area contributed by atoms with Gasteiger partial charge in [-0.3, -0.25) is 4.90 Å². The number of nitrogens with zero attached hydrogens (tertiary/aromatic N) is 1. The zero-order valence-corrected chi connectivity index (χ0v) is 12.0. The number of hydrogen-bond acceptors (Lipinski definition) is 2. The molecule has 2 heteroatoms. The summed E-state index contributed by atoms with van der Waals surface area (Å²) in [5.41, 5.74) is 0. The first-order chi connectivity index (χ1) is 8.86. The maximum Gasteiger partial charge on any atom is 0.0136 e. The van der Waals surface area contributed by atoms with Gasteiger partial charge in [-0.15, -0.1) is 0 Å². The van der Waals surface area contributed by atoms with Crippen molar-refractivity contribution in [2.24, 2.45) is 17.8 Å². The molecule has 0 aromatic carbocycles. The van der Waals surface area contributed by atoms with Gasteiger partial charge in [-0.2, -0.15) is 0 Å². The molecule has 0 aliphatic heterocycles. The van der Waals surface area contributed by atoms with Crippen LogP contribution >= 0.6 is 0 Å². The average Bonchev–Trinajstić information content (AvgIpc) is 3.18. The molecule has 3 saturated carbocycles. The largest absolute Gasteiger partial charge is 0.316 e. The van der Waals surface area contributed by atoms with Crippen molar-refractivity contribution >= 4 is 0 Å². The maximum absolute atomic E-state index is 3.63. The minimum absolute atomic E-state index is 0.926. The summed E-state index contributed by atoms with van der Waals surface area (Å²) in [7, 11) is 0. The van der Waals surface area contributed by atoms with Crippen LogP contribution in [0.1, 0.15) is 51.9 Å². The third-order valence-corrected chi connectivity index (χ3v) is 5.06. The molecule has 3 aliphatic rings. The number of nitrogens with one attached hydrogen (secondary N) is 1. The molecule has 104 valence electrons. The molecule has 0 aromatic rings. The standard InChI is InChI=1S/C16H30N2/c1-2-9-17-10-15-7-8-16(15)18(11-13-3-4-13)12-14-5-6-14/h13-17H,2-12H2,1H3. The smallest absolute Gasteiger partial charge is 0.0136 e. The van der Waals surface area contributed by atoms with Crippen LogP contribution in [0, 0.1) is 17.8 Å². The Bertz CT molecular complexity index is 244. The second-order valence-corrected chi connectivity index (χ2v) is 6.95. The topological polar surface area (TPSA) is 15.3 Å². The normalized spacial score (nSPS) is 31.7. The summed E-state index contributed by atoms with van der Waals surface area (Å²) < 4.78 is 0. The second kappa shape index (κ2) is 5.92. The molecule has 3 rings (SSSR count). The fraction of sp³-hybridized carbons (Fsp3) is 1.00. The maximum atomic E-state index is 3.63. The first-order valence-electron chi connectivity index (χ1n) is 8.31. The molecular weight excluding hydrogens is 220 g/mol. The molecule has 0 radical (unpaired) electrons. The fourth-order valence-electron chi connectivity index (χ4n) is 3.34. The van der Waals surface area contributed by atoms with Gasteiger partial charge in [0.25, 0.3) is 0 Å². The molecule has 2 unspecified atom stereocenters. The van der Waals surface area contributed by atoms with Crippen molar-refractivity contribution in [3.8, 4) is 0 Å². The van der Waals surface area contributed by atoms with Crippen molar-refractivity contribution < 1.29 is 0 Å². The Balaban J connectivity index is 1.45. The third-order valence-electron chi connectivity index (χ3n) is 5.06. The summed E-state index contributed by atoms with van der Waals surface area (Å²) in [6.07, 6.45) is 10.2. The Hall–Kier alpha value is -0.0800. The molecule has 18 heavy (non-hydrogen) atoms. The minimum atomic E-state index is 0.926. The quantitative estimate of drug-likeness (QED) is 0.633. The number of rotatable bonds is 9. The lowest BCUT2D eigenvalue weighted by atomic mass is 9.78. The molecule has 2 atom stereocenters. The lowest BCUT2D eigenvalue weighted by Crippen LogP contribution is -2.51. The average molecular weight is 250 g/mol. The van der Waals surface area contributed by atoms with Crippen LogP contribution in [0.3, 0.4) is 0 Å². The van der Waals surface area contributed by atoms with Gasteiger partial charge in [0, 0.05) is 19.1 Å². The van der Waals surface area contributed by atoms with Gasteiger partial charge in [-0.05, 0) is 75.8 Å². The van der Waals surface area contributed by atoms with Crippen molar-refractivity contribution in [3.63, 3.8) is 0 Å². The van der Waals surface area contributed by atoms with Gasteiger partial charge in [0.05, 0.1) is 0 Å². The van der Waals surface area contributed by atoms with Gasteiger partial charge in [-0.1, -0.05) is 6.92 Å². The molecule has 0 bridgehead atoms. The highest BCUT2D eigenvalue weighted by atomic mass is 15.2. The molecule has 0 spiro atoms. The van der Waals surface area contributed by atoms with E-state index in [0.717, 1.165) is 23.8 Å². The van der Waals surface area contributed by atoms with Crippen molar-refractivity contribution in [1.29, 1.82) is 0 Å². The van der Waals surface area contributed by atoms with E-state index in [1.54, 1.807) is 0 Å². The van der Waals surface area contributed by atoms with Crippen molar-refractivity contribution in [1.82, 2.24) is 10.2 Å². The van der Waals surface area contributed by atoms with Crippen LogP contribution in [0.5, 0.6) is 0 Å². The van der Waals surface area contributed by atoms with Gasteiger partial charge < -0.3 is 5.32 Å². The highest BCUT2D eigenvalue weighted by Crippen LogP contribution is 2.39. The van der Waals surface area contributed by atoms with E-state index in [0.29, 0.717) is 0 Å². The van der Waals surface area contributed by atoms with Gasteiger partial charge in [-0.25, -0.2) is 0 Å². The summed E-state index contributed by atoms with van der Waals surface area (Å²) in [6, 6.07) is 0.926. The monoisotopic (exact) mass is 250 g/mol. The van der Waals surface area contributed by atoms with E-state index in [-0.39, 0.29) is 0 Å². The van der Waals surface area contributed by atoms with Crippen LogP contribution in [-0.4, -0.2) is 37.1 Å². The Morgan fingerprint density at radius 2 is 1.61 bits per heavy atom. The van der Waals surface area contributed by atoms with Gasteiger partial charge in [0.15, 0.2) is 0 Å². The summed E-state index contributed by atoms with van der Waals surface area (Å²) >= 11 is 0. The lowest BCUT2D eigenvalue weighted by Gasteiger charge is -2.45. The minimum Gasteiger partial charge on any atom is -0.316 e. The zero-order chi connectivity index (χ0) is 12.4. The third kappa shape index (κ3) is 3.48. The molecule has 3 aliphatic carbocycles. The Kier molecular flexibility index (Phi) is 4.25. The predicted octanol–water partition coefficient (Wildman–Crippen LogP) is 2.89. The van der Waals surface area contributed by atoms with E-state index in [9.17, 15) is 0 Å². The Morgan fingerprint density at radius 3 is 2.06 bits per heavy atom. The van der Waals surface area contributed by atoms with Crippen LogP contribution in [0.25, 0.3) is 0 Å². The van der Waals surface area contributed by atoms with E-state index in [4.69, 9.17) is 0 Å². The molecule has 0 aromatic heterocycles. The van der Waals surface area contributed by atoms with Gasteiger partial charge in [0.2, 0.25) is 0 Å². The van der Waals surface area contributed by atoms with Crippen LogP contribution < -0.4 is 5.32 Å². The summed E-state index contributed by atoms with van der Waals surface area (Å²) in [5.74, 6) is 3.08. The van der Waals surface area contributed by atoms with Gasteiger partial charge in [0.1, 0.15) is 0 Å². The molecular formula is C16H30N2. The van der Waals surface area contributed by atoms with Gasteiger partial charge >= 0.3 is 0 Å². The molecule has 0 saturated heterocycles. The summed E-state index contributed by atoms with van der Waals surface area (Å²) in [5, 5.41) is 3.63. The van der Waals surface area contributed by atoms with Crippen LogP contribution in [0.4, 0.5) is 0 Å². The first-order valence-corrected chi connectivity index (χ1v) is 8.31. The van der Waals surface area contributed by atoms with Crippen molar-refractivity contribution in [2.75, 3.05) is 26.2 Å². The van der Waals surface area contributed by atoms with E-state index in [2.05, 4.69) is 17.1 Å². The zero-order valence-electron chi connectivity index (χ0n) is 12.0. The van der Waals surface area contributed by atoms with E-state index >= 15 is 0 Å². The molecule has 3 fully saturated rings. The molecule has 2 nitrogen and oxygen atoms in total. The highest BCUT2D eigenvalue weighted by molar-refractivity contribution is 4.94. The van der Waals surface area contributed by atoms with Crippen LogP contribution in [-0.2, 0) is 0 Å². The van der Waals surface area contributed by atoms with Crippen LogP contribution in [0.2, 0.25) is 0 Å². The van der Waals surface area contributed by atoms with E-state index in [1.165, 1.54) is 71.1 Å². The lowest BCUT2D eigenvalue weighted by molar-refractivity contribution is 0.0540. The summed E-state index contributed by atoms with van der Waals surface area (Å²) in [4.78, 5) is 2.89. The predicted molar refractivity (Wildman–Crippen MR) is 76.7 cm³/mol. The summed E-state index contributed by atoms with van der Waals surface area (Å²) in [6.45, 7) is 7.58. The fourth-order valence-corrected chi connectivity index (χ4v) is 3.34. The molecule has 0 heterocycles. The second-order valence-electron chi connectivity index (χ2n) is 6.95. The number of hydrogen-bond donors (Lipinski definition) is 1. The Morgan fingerprint density at radius 1 is 0.944 bits per heavy atom. The molecule has 0 amide bonds. The van der Waals surface area contributed by atoms with Crippen LogP contribution in [0.15, 0.2) is 0 Å².